The fourth-order valence-electron chi connectivity index (χ4n) is 3.54. The summed E-state index contributed by atoms with van der Waals surface area (Å²) in [5.74, 6) is 6.47. The van der Waals surface area contributed by atoms with Gasteiger partial charge in [-0.1, -0.05) is 60.9 Å². The van der Waals surface area contributed by atoms with Crippen molar-refractivity contribution in [1.29, 1.82) is 0 Å². The van der Waals surface area contributed by atoms with Crippen LogP contribution < -0.4 is 10.6 Å². The third-order valence-corrected chi connectivity index (χ3v) is 6.59. The van der Waals surface area contributed by atoms with Gasteiger partial charge in [0.2, 0.25) is 0 Å². The molecule has 3 heteroatoms. The Hall–Kier alpha value is -3.35. The number of allylic oxidation sites excluding steroid dienone is 1. The molecule has 3 aromatic rings. The van der Waals surface area contributed by atoms with E-state index in [4.69, 9.17) is 5.73 Å². The standard InChI is InChI=1S/C27H24N2S/c1-3-8-26-20(2)29(25-12-7-11-24(28)19-25)27(30-26)23-17-15-22(16-18-23)14-13-21-9-5-4-6-10-21/h3-7,9-12,15-19,26-27H,1-2,8,28H2. The van der Waals surface area contributed by atoms with Crippen LogP contribution in [0.3, 0.4) is 0 Å². The van der Waals surface area contributed by atoms with Crippen LogP contribution in [0.5, 0.6) is 0 Å². The van der Waals surface area contributed by atoms with Gasteiger partial charge in [0.05, 0.1) is 5.25 Å². The topological polar surface area (TPSA) is 29.3 Å². The third kappa shape index (κ3) is 4.30. The molecule has 2 atom stereocenters. The van der Waals surface area contributed by atoms with Crippen LogP contribution >= 0.6 is 11.8 Å². The third-order valence-electron chi connectivity index (χ3n) is 5.06. The molecule has 0 amide bonds. The van der Waals surface area contributed by atoms with Crippen molar-refractivity contribution >= 4 is 23.1 Å². The number of nitrogens with zero attached hydrogens (tertiary/aromatic N) is 1. The van der Waals surface area contributed by atoms with Gasteiger partial charge in [-0.25, -0.2) is 0 Å². The van der Waals surface area contributed by atoms with Gasteiger partial charge in [-0.05, 0) is 54.4 Å². The molecule has 3 aromatic carbocycles. The summed E-state index contributed by atoms with van der Waals surface area (Å²) in [7, 11) is 0. The summed E-state index contributed by atoms with van der Waals surface area (Å²) in [4.78, 5) is 2.29. The fourth-order valence-corrected chi connectivity index (χ4v) is 5.07. The van der Waals surface area contributed by atoms with Crippen LogP contribution in [0.1, 0.15) is 28.5 Å². The number of nitrogens with two attached hydrogens (primary N) is 1. The van der Waals surface area contributed by atoms with Crippen molar-refractivity contribution in [2.24, 2.45) is 0 Å². The van der Waals surface area contributed by atoms with Crippen molar-refractivity contribution in [2.75, 3.05) is 10.6 Å². The van der Waals surface area contributed by atoms with Gasteiger partial charge >= 0.3 is 0 Å². The zero-order valence-electron chi connectivity index (χ0n) is 16.8. The van der Waals surface area contributed by atoms with E-state index >= 15 is 0 Å². The molecule has 0 saturated carbocycles. The van der Waals surface area contributed by atoms with Gasteiger partial charge in [-0.15, -0.1) is 18.3 Å². The Bertz CT molecular complexity index is 1110. The highest BCUT2D eigenvalue weighted by atomic mass is 32.2. The molecule has 1 aliphatic heterocycles. The quantitative estimate of drug-likeness (QED) is 0.309. The van der Waals surface area contributed by atoms with Crippen LogP contribution in [0.25, 0.3) is 0 Å². The van der Waals surface area contributed by atoms with Crippen molar-refractivity contribution in [2.45, 2.75) is 17.0 Å². The molecule has 30 heavy (non-hydrogen) atoms. The lowest BCUT2D eigenvalue weighted by Gasteiger charge is -2.27. The Kier molecular flexibility index (Phi) is 5.97. The van der Waals surface area contributed by atoms with E-state index < -0.39 is 0 Å². The van der Waals surface area contributed by atoms with Crippen LogP contribution in [0.4, 0.5) is 11.4 Å². The number of hydrogen-bond acceptors (Lipinski definition) is 3. The van der Waals surface area contributed by atoms with E-state index in [2.05, 4.69) is 60.2 Å². The van der Waals surface area contributed by atoms with Crippen molar-refractivity contribution < 1.29 is 0 Å². The molecule has 2 unspecified atom stereocenters. The molecule has 0 radical (unpaired) electrons. The van der Waals surface area contributed by atoms with Crippen LogP contribution in [0.2, 0.25) is 0 Å². The Labute approximate surface area is 183 Å². The highest BCUT2D eigenvalue weighted by molar-refractivity contribution is 8.00. The van der Waals surface area contributed by atoms with E-state index in [9.17, 15) is 0 Å². The minimum Gasteiger partial charge on any atom is -0.399 e. The number of anilines is 2. The van der Waals surface area contributed by atoms with Gasteiger partial charge in [0.1, 0.15) is 5.37 Å². The zero-order chi connectivity index (χ0) is 20.9. The Morgan fingerprint density at radius 3 is 2.30 bits per heavy atom. The SMILES string of the molecule is C=CCC1SC(c2ccc(C#Cc3ccccc3)cc2)N(c2cccc(N)c2)C1=C. The first-order valence-corrected chi connectivity index (χ1v) is 10.9. The smallest absolute Gasteiger partial charge is 0.106 e. The van der Waals surface area contributed by atoms with E-state index in [0.717, 1.165) is 34.6 Å². The average Bonchev–Trinajstić information content (AvgIpc) is 3.10. The van der Waals surface area contributed by atoms with E-state index in [0.29, 0.717) is 5.25 Å². The second-order valence-electron chi connectivity index (χ2n) is 7.20. The first-order chi connectivity index (χ1) is 14.7. The van der Waals surface area contributed by atoms with Gasteiger partial charge in [0.25, 0.3) is 0 Å². The number of nitrogen functional groups attached to an aromatic ring is 1. The first kappa shape index (κ1) is 19.9. The molecule has 2 N–H and O–H groups in total. The number of benzene rings is 3. The molecule has 2 nitrogen and oxygen atoms in total. The lowest BCUT2D eigenvalue weighted by atomic mass is 10.1. The summed E-state index contributed by atoms with van der Waals surface area (Å²) in [6.45, 7) is 8.31. The maximum absolute atomic E-state index is 6.06. The predicted octanol–water partition coefficient (Wildman–Crippen LogP) is 6.38. The Balaban J connectivity index is 1.62. The lowest BCUT2D eigenvalue weighted by Crippen LogP contribution is -2.21. The molecule has 4 rings (SSSR count). The normalized spacial score (nSPS) is 18.0. The molecule has 148 valence electrons. The average molecular weight is 409 g/mol. The highest BCUT2D eigenvalue weighted by Gasteiger charge is 2.36. The van der Waals surface area contributed by atoms with Crippen LogP contribution in [0, 0.1) is 11.8 Å². The van der Waals surface area contributed by atoms with Crippen LogP contribution in [0.15, 0.2) is 104 Å². The molecule has 1 fully saturated rings. The lowest BCUT2D eigenvalue weighted by molar-refractivity contribution is 0.890. The Morgan fingerprint density at radius 1 is 0.933 bits per heavy atom. The second-order valence-corrected chi connectivity index (χ2v) is 8.48. The summed E-state index contributed by atoms with van der Waals surface area (Å²) >= 11 is 1.90. The zero-order valence-corrected chi connectivity index (χ0v) is 17.6. The molecular weight excluding hydrogens is 384 g/mol. The van der Waals surface area contributed by atoms with E-state index in [1.165, 1.54) is 5.56 Å². The van der Waals surface area contributed by atoms with Crippen molar-refractivity contribution in [3.05, 3.63) is 120 Å². The minimum atomic E-state index is 0.139. The first-order valence-electron chi connectivity index (χ1n) is 9.92. The maximum atomic E-state index is 6.06. The monoisotopic (exact) mass is 408 g/mol. The summed E-state index contributed by atoms with van der Waals surface area (Å²) in [5, 5.41) is 0.437. The molecule has 1 heterocycles. The Morgan fingerprint density at radius 2 is 1.63 bits per heavy atom. The van der Waals surface area contributed by atoms with Crippen LogP contribution in [-0.2, 0) is 0 Å². The van der Waals surface area contributed by atoms with Gasteiger partial charge in [0.15, 0.2) is 0 Å². The summed E-state index contributed by atoms with van der Waals surface area (Å²) in [6.07, 6.45) is 2.85. The minimum absolute atomic E-state index is 0.139. The molecule has 0 aromatic heterocycles. The van der Waals surface area contributed by atoms with Gasteiger partial charge in [0, 0.05) is 28.2 Å². The number of hydrogen-bond donors (Lipinski definition) is 1. The molecule has 0 aliphatic carbocycles. The fraction of sp³-hybridized carbons (Fsp3) is 0.111. The number of thioether (sulfide) groups is 1. The van der Waals surface area contributed by atoms with E-state index in [1.54, 1.807) is 0 Å². The van der Waals surface area contributed by atoms with Crippen molar-refractivity contribution in [3.8, 4) is 11.8 Å². The molecule has 0 spiro atoms. The van der Waals surface area contributed by atoms with Crippen LogP contribution in [-0.4, -0.2) is 5.25 Å². The molecule has 1 saturated heterocycles. The van der Waals surface area contributed by atoms with Gasteiger partial charge < -0.3 is 10.6 Å². The van der Waals surface area contributed by atoms with Gasteiger partial charge in [-0.3, -0.25) is 0 Å². The summed E-state index contributed by atoms with van der Waals surface area (Å²) in [5.41, 5.74) is 12.2. The summed E-state index contributed by atoms with van der Waals surface area (Å²) in [6, 6.07) is 26.5. The van der Waals surface area contributed by atoms with Gasteiger partial charge in [-0.2, -0.15) is 0 Å². The highest BCUT2D eigenvalue weighted by Crippen LogP contribution is 2.50. The van der Waals surface area contributed by atoms with Crippen molar-refractivity contribution in [1.82, 2.24) is 0 Å². The van der Waals surface area contributed by atoms with E-state index in [-0.39, 0.29) is 5.37 Å². The largest absolute Gasteiger partial charge is 0.399 e. The second kappa shape index (κ2) is 8.98. The van der Waals surface area contributed by atoms with E-state index in [1.807, 2.05) is 66.4 Å². The number of rotatable bonds is 4. The molecule has 0 bridgehead atoms. The molecule has 1 aliphatic rings. The maximum Gasteiger partial charge on any atom is 0.106 e. The van der Waals surface area contributed by atoms with Crippen molar-refractivity contribution in [3.63, 3.8) is 0 Å². The predicted molar refractivity (Wildman–Crippen MR) is 130 cm³/mol. The summed E-state index contributed by atoms with van der Waals surface area (Å²) < 4.78 is 0. The molecular formula is C27H24N2S.